The van der Waals surface area contributed by atoms with E-state index in [1.165, 1.54) is 11.8 Å². The lowest BCUT2D eigenvalue weighted by Gasteiger charge is -2.03. The second-order valence-electron chi connectivity index (χ2n) is 3.71. The van der Waals surface area contributed by atoms with Crippen LogP contribution in [0.3, 0.4) is 0 Å². The van der Waals surface area contributed by atoms with Gasteiger partial charge in [0.05, 0.1) is 11.9 Å². The van der Waals surface area contributed by atoms with Crippen LogP contribution in [-0.2, 0) is 5.75 Å². The van der Waals surface area contributed by atoms with Crippen molar-refractivity contribution in [3.8, 4) is 11.4 Å². The summed E-state index contributed by atoms with van der Waals surface area (Å²) in [5.74, 6) is 0.873. The summed E-state index contributed by atoms with van der Waals surface area (Å²) in [6, 6.07) is 6.67. The number of thioether (sulfide) groups is 1. The highest BCUT2D eigenvalue weighted by Crippen LogP contribution is 2.22. The zero-order valence-electron chi connectivity index (χ0n) is 9.67. The van der Waals surface area contributed by atoms with Gasteiger partial charge in [-0.3, -0.25) is 0 Å². The Labute approximate surface area is 112 Å². The van der Waals surface area contributed by atoms with E-state index in [1.807, 2.05) is 0 Å². The summed E-state index contributed by atoms with van der Waals surface area (Å²) in [5, 5.41) is 25.1. The standard InChI is InChI=1S/C11H9N5O2S/c17-10-3-1-9(2-4-10)16-11(13-14-15-16)19-7-8-5-12-18-6-8/h1-6,17H,7H2. The van der Waals surface area contributed by atoms with Gasteiger partial charge in [-0.25, -0.2) is 0 Å². The SMILES string of the molecule is Oc1ccc(-n2nnnc2SCc2cnoc2)cc1. The van der Waals surface area contributed by atoms with Crippen LogP contribution in [0.25, 0.3) is 5.69 Å². The van der Waals surface area contributed by atoms with E-state index in [0.717, 1.165) is 11.3 Å². The largest absolute Gasteiger partial charge is 0.508 e. The predicted octanol–water partition coefficient (Wildman–Crippen LogP) is 1.65. The van der Waals surface area contributed by atoms with Gasteiger partial charge in [-0.1, -0.05) is 16.9 Å². The van der Waals surface area contributed by atoms with Crippen LogP contribution in [0.15, 0.2) is 46.4 Å². The molecule has 3 rings (SSSR count). The van der Waals surface area contributed by atoms with E-state index in [9.17, 15) is 5.11 Å². The van der Waals surface area contributed by atoms with Crippen LogP contribution in [0.2, 0.25) is 0 Å². The molecule has 0 unspecified atom stereocenters. The van der Waals surface area contributed by atoms with E-state index in [1.54, 1.807) is 41.4 Å². The third-order valence-corrected chi connectivity index (χ3v) is 3.38. The first-order valence-corrected chi connectivity index (χ1v) is 6.40. The number of rotatable bonds is 4. The van der Waals surface area contributed by atoms with Gasteiger partial charge in [0.2, 0.25) is 5.16 Å². The summed E-state index contributed by atoms with van der Waals surface area (Å²) in [6.07, 6.45) is 3.24. The van der Waals surface area contributed by atoms with Crippen molar-refractivity contribution in [3.05, 3.63) is 42.3 Å². The average Bonchev–Trinajstić information content (AvgIpc) is 3.08. The van der Waals surface area contributed by atoms with Gasteiger partial charge in [0.15, 0.2) is 0 Å². The van der Waals surface area contributed by atoms with Gasteiger partial charge in [-0.15, -0.1) is 5.10 Å². The predicted molar refractivity (Wildman–Crippen MR) is 66.9 cm³/mol. The molecule has 0 aliphatic heterocycles. The maximum Gasteiger partial charge on any atom is 0.214 e. The zero-order valence-corrected chi connectivity index (χ0v) is 10.5. The molecule has 0 aliphatic carbocycles. The van der Waals surface area contributed by atoms with Crippen molar-refractivity contribution in [2.75, 3.05) is 0 Å². The van der Waals surface area contributed by atoms with Crippen molar-refractivity contribution in [1.29, 1.82) is 0 Å². The molecule has 96 valence electrons. The molecule has 0 fully saturated rings. The Morgan fingerprint density at radius 2 is 2.11 bits per heavy atom. The van der Waals surface area contributed by atoms with Crippen LogP contribution < -0.4 is 0 Å². The molecule has 0 atom stereocenters. The molecule has 0 radical (unpaired) electrons. The van der Waals surface area contributed by atoms with Crippen molar-refractivity contribution < 1.29 is 9.63 Å². The van der Waals surface area contributed by atoms with Gasteiger partial charge in [0.25, 0.3) is 0 Å². The van der Waals surface area contributed by atoms with Crippen LogP contribution in [-0.4, -0.2) is 30.5 Å². The molecule has 8 heteroatoms. The Bertz CT molecular complexity index is 650. The first-order valence-electron chi connectivity index (χ1n) is 5.42. The van der Waals surface area contributed by atoms with E-state index in [4.69, 9.17) is 4.52 Å². The van der Waals surface area contributed by atoms with Crippen molar-refractivity contribution in [2.45, 2.75) is 10.9 Å². The minimum absolute atomic E-state index is 0.204. The fraction of sp³-hybridized carbons (Fsp3) is 0.0909. The topological polar surface area (TPSA) is 89.9 Å². The number of aromatic hydroxyl groups is 1. The number of benzene rings is 1. The molecule has 0 saturated carbocycles. The van der Waals surface area contributed by atoms with Gasteiger partial charge in [0, 0.05) is 11.3 Å². The quantitative estimate of drug-likeness (QED) is 0.724. The summed E-state index contributed by atoms with van der Waals surface area (Å²) >= 11 is 1.47. The highest BCUT2D eigenvalue weighted by molar-refractivity contribution is 7.98. The van der Waals surface area contributed by atoms with Crippen LogP contribution >= 0.6 is 11.8 Å². The lowest BCUT2D eigenvalue weighted by Crippen LogP contribution is -1.98. The van der Waals surface area contributed by atoms with Crippen LogP contribution in [0.5, 0.6) is 5.75 Å². The molecular weight excluding hydrogens is 266 g/mol. The van der Waals surface area contributed by atoms with Crippen LogP contribution in [0.4, 0.5) is 0 Å². The molecule has 7 nitrogen and oxygen atoms in total. The minimum Gasteiger partial charge on any atom is -0.508 e. The smallest absolute Gasteiger partial charge is 0.214 e. The maximum atomic E-state index is 9.27. The molecular formula is C11H9N5O2S. The Morgan fingerprint density at radius 3 is 2.84 bits per heavy atom. The fourth-order valence-electron chi connectivity index (χ4n) is 1.47. The van der Waals surface area contributed by atoms with Gasteiger partial charge in [0.1, 0.15) is 12.0 Å². The van der Waals surface area contributed by atoms with E-state index in [0.29, 0.717) is 10.9 Å². The number of nitrogens with zero attached hydrogens (tertiary/aromatic N) is 5. The number of hydrogen-bond donors (Lipinski definition) is 1. The lowest BCUT2D eigenvalue weighted by molar-refractivity contribution is 0.419. The fourth-order valence-corrected chi connectivity index (χ4v) is 2.27. The zero-order chi connectivity index (χ0) is 13.1. The van der Waals surface area contributed by atoms with Crippen molar-refractivity contribution in [1.82, 2.24) is 25.4 Å². The molecule has 0 aliphatic rings. The molecule has 1 aromatic carbocycles. The summed E-state index contributed by atoms with van der Waals surface area (Å²) in [5.41, 5.74) is 1.75. The molecule has 2 heterocycles. The van der Waals surface area contributed by atoms with Crippen LogP contribution in [0.1, 0.15) is 5.56 Å². The first-order chi connectivity index (χ1) is 9.33. The molecule has 3 aromatic rings. The molecule has 2 aromatic heterocycles. The number of phenols is 1. The number of tetrazole rings is 1. The average molecular weight is 275 g/mol. The Kier molecular flexibility index (Phi) is 3.15. The number of aromatic nitrogens is 5. The minimum atomic E-state index is 0.204. The summed E-state index contributed by atoms with van der Waals surface area (Å²) in [4.78, 5) is 0. The van der Waals surface area contributed by atoms with E-state index >= 15 is 0 Å². The van der Waals surface area contributed by atoms with Crippen LogP contribution in [0, 0.1) is 0 Å². The van der Waals surface area contributed by atoms with Gasteiger partial charge < -0.3 is 9.63 Å². The van der Waals surface area contributed by atoms with Crippen molar-refractivity contribution in [3.63, 3.8) is 0 Å². The van der Waals surface area contributed by atoms with Crippen molar-refractivity contribution in [2.24, 2.45) is 0 Å². The monoisotopic (exact) mass is 275 g/mol. The van der Waals surface area contributed by atoms with E-state index in [-0.39, 0.29) is 5.75 Å². The number of hydrogen-bond acceptors (Lipinski definition) is 7. The van der Waals surface area contributed by atoms with E-state index in [2.05, 4.69) is 20.7 Å². The highest BCUT2D eigenvalue weighted by Gasteiger charge is 2.09. The molecule has 0 saturated heterocycles. The molecule has 0 spiro atoms. The molecule has 0 bridgehead atoms. The number of phenolic OH excluding ortho intramolecular Hbond substituents is 1. The third kappa shape index (κ3) is 2.58. The van der Waals surface area contributed by atoms with Crippen molar-refractivity contribution >= 4 is 11.8 Å². The Hall–Kier alpha value is -2.35. The first kappa shape index (κ1) is 11.7. The molecule has 0 amide bonds. The second kappa shape index (κ2) is 5.11. The second-order valence-corrected chi connectivity index (χ2v) is 4.65. The summed E-state index contributed by atoms with van der Waals surface area (Å²) in [6.45, 7) is 0. The lowest BCUT2D eigenvalue weighted by atomic mass is 10.3. The summed E-state index contributed by atoms with van der Waals surface area (Å²) < 4.78 is 6.37. The molecule has 19 heavy (non-hydrogen) atoms. The van der Waals surface area contributed by atoms with Gasteiger partial charge in [-0.2, -0.15) is 4.68 Å². The Balaban J connectivity index is 1.80. The maximum absolute atomic E-state index is 9.27. The van der Waals surface area contributed by atoms with Gasteiger partial charge >= 0.3 is 0 Å². The normalized spacial score (nSPS) is 10.7. The summed E-state index contributed by atoms with van der Waals surface area (Å²) in [7, 11) is 0. The Morgan fingerprint density at radius 1 is 1.26 bits per heavy atom. The van der Waals surface area contributed by atoms with E-state index < -0.39 is 0 Å². The highest BCUT2D eigenvalue weighted by atomic mass is 32.2. The van der Waals surface area contributed by atoms with Gasteiger partial charge in [-0.05, 0) is 34.7 Å². The molecule has 1 N–H and O–H groups in total. The third-order valence-electron chi connectivity index (χ3n) is 2.39.